The number of aromatic nitrogens is 1. The first-order chi connectivity index (χ1) is 9.01. The third-order valence-corrected chi connectivity index (χ3v) is 2.87. The number of benzene rings is 1. The second kappa shape index (κ2) is 5.25. The first-order valence-corrected chi connectivity index (χ1v) is 5.99. The van der Waals surface area contributed by atoms with Crippen LogP contribution in [-0.2, 0) is 0 Å². The summed E-state index contributed by atoms with van der Waals surface area (Å²) in [5, 5.41) is 12.4. The van der Waals surface area contributed by atoms with Gasteiger partial charge >= 0.3 is 0 Å². The van der Waals surface area contributed by atoms with Crippen LogP contribution in [0.25, 0.3) is 0 Å². The summed E-state index contributed by atoms with van der Waals surface area (Å²) in [6.07, 6.45) is 0. The van der Waals surface area contributed by atoms with E-state index >= 15 is 0 Å². The topological polar surface area (TPSA) is 48.7 Å². The first kappa shape index (κ1) is 13.3. The highest BCUT2D eigenvalue weighted by Crippen LogP contribution is 2.26. The Morgan fingerprint density at radius 1 is 1.32 bits per heavy atom. The molecule has 19 heavy (non-hydrogen) atoms. The molecule has 1 aromatic heterocycles. The van der Waals surface area contributed by atoms with Gasteiger partial charge in [0.15, 0.2) is 0 Å². The van der Waals surface area contributed by atoms with Crippen LogP contribution in [0.4, 0.5) is 15.9 Å². The molecule has 0 amide bonds. The third-order valence-electron chi connectivity index (χ3n) is 2.64. The fourth-order valence-electron chi connectivity index (χ4n) is 1.79. The molecule has 1 aromatic carbocycles. The van der Waals surface area contributed by atoms with E-state index in [1.807, 2.05) is 13.8 Å². The van der Waals surface area contributed by atoms with Gasteiger partial charge in [-0.25, -0.2) is 9.37 Å². The maximum Gasteiger partial charge on any atom is 0.148 e. The van der Waals surface area contributed by atoms with Gasteiger partial charge in [0.05, 0.1) is 11.3 Å². The molecule has 3 nitrogen and oxygen atoms in total. The SMILES string of the molecule is Cc1cc(C)c(C#N)c(Nc2cc(Cl)ccc2F)n1. The molecule has 2 rings (SSSR count). The fraction of sp³-hybridized carbons (Fsp3) is 0.143. The molecule has 5 heteroatoms. The number of pyridine rings is 1. The van der Waals surface area contributed by atoms with Crippen LogP contribution >= 0.6 is 11.6 Å². The minimum Gasteiger partial charge on any atom is -0.337 e. The lowest BCUT2D eigenvalue weighted by Crippen LogP contribution is -2.02. The summed E-state index contributed by atoms with van der Waals surface area (Å²) >= 11 is 5.83. The van der Waals surface area contributed by atoms with Crippen molar-refractivity contribution in [1.29, 1.82) is 5.26 Å². The summed E-state index contributed by atoms with van der Waals surface area (Å²) < 4.78 is 13.7. The van der Waals surface area contributed by atoms with E-state index in [1.165, 1.54) is 18.2 Å². The average molecular weight is 276 g/mol. The Hall–Kier alpha value is -2.12. The largest absolute Gasteiger partial charge is 0.337 e. The predicted molar refractivity (Wildman–Crippen MR) is 73.1 cm³/mol. The van der Waals surface area contributed by atoms with E-state index in [1.54, 1.807) is 6.07 Å². The molecule has 0 saturated heterocycles. The number of halogens is 2. The summed E-state index contributed by atoms with van der Waals surface area (Å²) in [5.41, 5.74) is 2.13. The van der Waals surface area contributed by atoms with E-state index < -0.39 is 5.82 Å². The monoisotopic (exact) mass is 275 g/mol. The van der Waals surface area contributed by atoms with Crippen LogP contribution < -0.4 is 5.32 Å². The van der Waals surface area contributed by atoms with Crippen molar-refractivity contribution in [1.82, 2.24) is 4.98 Å². The highest BCUT2D eigenvalue weighted by atomic mass is 35.5. The molecular weight excluding hydrogens is 265 g/mol. The number of nitrogens with zero attached hydrogens (tertiary/aromatic N) is 2. The molecule has 96 valence electrons. The van der Waals surface area contributed by atoms with Crippen LogP contribution in [0.15, 0.2) is 24.3 Å². The van der Waals surface area contributed by atoms with Crippen molar-refractivity contribution in [2.45, 2.75) is 13.8 Å². The summed E-state index contributed by atoms with van der Waals surface area (Å²) in [5.74, 6) is -0.115. The van der Waals surface area contributed by atoms with Crippen molar-refractivity contribution in [3.8, 4) is 6.07 Å². The van der Waals surface area contributed by atoms with Gasteiger partial charge in [-0.2, -0.15) is 5.26 Å². The molecule has 0 aliphatic rings. The maximum atomic E-state index is 13.7. The van der Waals surface area contributed by atoms with Crippen molar-refractivity contribution in [3.63, 3.8) is 0 Å². The maximum absolute atomic E-state index is 13.7. The summed E-state index contributed by atoms with van der Waals surface area (Å²) in [6, 6.07) is 8.05. The number of anilines is 2. The van der Waals surface area contributed by atoms with Gasteiger partial charge in [0.2, 0.25) is 0 Å². The molecule has 1 N–H and O–H groups in total. The molecule has 0 aliphatic carbocycles. The van der Waals surface area contributed by atoms with Gasteiger partial charge in [-0.3, -0.25) is 0 Å². The van der Waals surface area contributed by atoms with Gasteiger partial charge in [-0.15, -0.1) is 0 Å². The van der Waals surface area contributed by atoms with Gasteiger partial charge in [-0.05, 0) is 43.7 Å². The second-order valence-electron chi connectivity index (χ2n) is 4.17. The standard InChI is InChI=1S/C14H11ClFN3/c1-8-5-9(2)18-14(11(8)7-17)19-13-6-10(15)3-4-12(13)16/h3-6H,1-2H3,(H,18,19). The highest BCUT2D eigenvalue weighted by molar-refractivity contribution is 6.30. The van der Waals surface area contributed by atoms with Crippen molar-refractivity contribution in [2.75, 3.05) is 5.32 Å². The predicted octanol–water partition coefficient (Wildman–Crippen LogP) is 4.11. The molecule has 0 spiro atoms. The number of nitriles is 1. The Morgan fingerprint density at radius 3 is 2.74 bits per heavy atom. The molecule has 1 heterocycles. The van der Waals surface area contributed by atoms with E-state index in [0.717, 1.165) is 11.3 Å². The quantitative estimate of drug-likeness (QED) is 0.897. The number of hydrogen-bond acceptors (Lipinski definition) is 3. The number of rotatable bonds is 2. The van der Waals surface area contributed by atoms with Crippen LogP contribution in [0.5, 0.6) is 0 Å². The van der Waals surface area contributed by atoms with Crippen LogP contribution in [0.1, 0.15) is 16.8 Å². The van der Waals surface area contributed by atoms with Gasteiger partial charge in [-0.1, -0.05) is 11.6 Å². The van der Waals surface area contributed by atoms with E-state index in [2.05, 4.69) is 16.4 Å². The normalized spacial score (nSPS) is 10.1. The van der Waals surface area contributed by atoms with Crippen molar-refractivity contribution >= 4 is 23.1 Å². The first-order valence-electron chi connectivity index (χ1n) is 5.61. The Balaban J connectivity index is 2.49. The summed E-state index contributed by atoms with van der Waals surface area (Å²) in [4.78, 5) is 4.23. The Bertz CT molecular complexity index is 677. The zero-order valence-electron chi connectivity index (χ0n) is 10.5. The molecule has 0 radical (unpaired) electrons. The minimum atomic E-state index is -0.450. The van der Waals surface area contributed by atoms with E-state index in [9.17, 15) is 4.39 Å². The van der Waals surface area contributed by atoms with E-state index in [-0.39, 0.29) is 5.69 Å². The lowest BCUT2D eigenvalue weighted by atomic mass is 10.1. The van der Waals surface area contributed by atoms with Gasteiger partial charge in [0, 0.05) is 10.7 Å². The average Bonchev–Trinajstić information content (AvgIpc) is 2.33. The second-order valence-corrected chi connectivity index (χ2v) is 4.60. The number of aryl methyl sites for hydroxylation is 2. The molecular formula is C14H11ClFN3. The number of hydrogen-bond donors (Lipinski definition) is 1. The zero-order valence-corrected chi connectivity index (χ0v) is 11.2. The molecule has 0 unspecified atom stereocenters. The molecule has 2 aromatic rings. The Labute approximate surface area is 115 Å². The molecule has 0 saturated carbocycles. The van der Waals surface area contributed by atoms with Crippen molar-refractivity contribution in [3.05, 3.63) is 51.9 Å². The molecule has 0 bridgehead atoms. The van der Waals surface area contributed by atoms with Crippen LogP contribution in [-0.4, -0.2) is 4.98 Å². The van der Waals surface area contributed by atoms with Crippen molar-refractivity contribution < 1.29 is 4.39 Å². The molecule has 0 aliphatic heterocycles. The van der Waals surface area contributed by atoms with Gasteiger partial charge in [0.1, 0.15) is 17.7 Å². The minimum absolute atomic E-state index is 0.196. The Kier molecular flexibility index (Phi) is 3.68. The van der Waals surface area contributed by atoms with Crippen LogP contribution in [0, 0.1) is 31.0 Å². The smallest absolute Gasteiger partial charge is 0.148 e. The van der Waals surface area contributed by atoms with E-state index in [4.69, 9.17) is 16.9 Å². The van der Waals surface area contributed by atoms with Gasteiger partial charge in [0.25, 0.3) is 0 Å². The number of nitrogens with one attached hydrogen (secondary N) is 1. The van der Waals surface area contributed by atoms with Crippen molar-refractivity contribution in [2.24, 2.45) is 0 Å². The van der Waals surface area contributed by atoms with Gasteiger partial charge < -0.3 is 5.32 Å². The molecule has 0 fully saturated rings. The lowest BCUT2D eigenvalue weighted by molar-refractivity contribution is 0.632. The summed E-state index contributed by atoms with van der Waals surface area (Å²) in [6.45, 7) is 3.63. The Morgan fingerprint density at radius 2 is 2.05 bits per heavy atom. The highest BCUT2D eigenvalue weighted by Gasteiger charge is 2.11. The third kappa shape index (κ3) is 2.83. The van der Waals surface area contributed by atoms with Crippen LogP contribution in [0.2, 0.25) is 5.02 Å². The van der Waals surface area contributed by atoms with Crippen LogP contribution in [0.3, 0.4) is 0 Å². The zero-order chi connectivity index (χ0) is 14.0. The van der Waals surface area contributed by atoms with E-state index in [0.29, 0.717) is 16.4 Å². The lowest BCUT2D eigenvalue weighted by Gasteiger charge is -2.11. The fourth-order valence-corrected chi connectivity index (χ4v) is 1.96. The summed E-state index contributed by atoms with van der Waals surface area (Å²) in [7, 11) is 0. The molecule has 0 atom stereocenters.